The van der Waals surface area contributed by atoms with Gasteiger partial charge in [-0.2, -0.15) is 0 Å². The maximum Gasteiger partial charge on any atom is 0.338 e. The number of allylic oxidation sites excluding steroid dienone is 1. The second-order valence-corrected chi connectivity index (χ2v) is 10.1. The zero-order valence-corrected chi connectivity index (χ0v) is 22.3. The molecule has 0 saturated carbocycles. The van der Waals surface area contributed by atoms with E-state index in [2.05, 4.69) is 4.99 Å². The topological polar surface area (TPSA) is 90.9 Å². The predicted octanol–water partition coefficient (Wildman–Crippen LogP) is 4.57. The minimum atomic E-state index is -0.653. The molecule has 0 amide bonds. The Morgan fingerprint density at radius 2 is 1.76 bits per heavy atom. The number of furan rings is 1. The average Bonchev–Trinajstić information content (AvgIpc) is 3.48. The summed E-state index contributed by atoms with van der Waals surface area (Å²) in [4.78, 5) is 43.4. The molecule has 1 aliphatic heterocycles. The summed E-state index contributed by atoms with van der Waals surface area (Å²) < 4.78 is 13.3. The molecule has 1 aliphatic rings. The number of fused-ring (bicyclic) bond motifs is 1. The largest absolute Gasteiger partial charge is 0.463 e. The number of aromatic nitrogens is 1. The van der Waals surface area contributed by atoms with E-state index >= 15 is 0 Å². The van der Waals surface area contributed by atoms with Gasteiger partial charge in [0.2, 0.25) is 0 Å². The van der Waals surface area contributed by atoms with Crippen molar-refractivity contribution < 1.29 is 18.7 Å². The van der Waals surface area contributed by atoms with Crippen LogP contribution in [0.2, 0.25) is 0 Å². The molecular weight excluding hydrogens is 500 g/mol. The molecule has 1 atom stereocenters. The second kappa shape index (κ2) is 10.2. The first kappa shape index (κ1) is 25.4. The van der Waals surface area contributed by atoms with Crippen LogP contribution >= 0.6 is 11.3 Å². The molecule has 192 valence electrons. The van der Waals surface area contributed by atoms with Crippen molar-refractivity contribution in [3.05, 3.63) is 114 Å². The number of Topliss-reactive ketones (excluding diaryl/α,β-unsaturated/α-hetero) is 1. The number of carbonyl (C=O) groups excluding carboxylic acids is 2. The third kappa shape index (κ3) is 4.70. The van der Waals surface area contributed by atoms with Gasteiger partial charge in [0.15, 0.2) is 10.6 Å². The number of hydrogen-bond acceptors (Lipinski definition) is 7. The molecule has 4 aromatic rings. The number of ketones is 1. The van der Waals surface area contributed by atoms with E-state index in [1.807, 2.05) is 49.4 Å². The number of esters is 1. The van der Waals surface area contributed by atoms with Crippen LogP contribution in [0.5, 0.6) is 0 Å². The fourth-order valence-corrected chi connectivity index (χ4v) is 5.47. The second-order valence-electron chi connectivity index (χ2n) is 9.05. The first-order chi connectivity index (χ1) is 18.3. The first-order valence-electron chi connectivity index (χ1n) is 12.2. The summed E-state index contributed by atoms with van der Waals surface area (Å²) in [5.41, 5.74) is 3.93. The Hall–Kier alpha value is -4.30. The molecule has 0 saturated heterocycles. The Morgan fingerprint density at radius 1 is 1.05 bits per heavy atom. The first-order valence-corrected chi connectivity index (χ1v) is 13.1. The predicted molar refractivity (Wildman–Crippen MR) is 146 cm³/mol. The Balaban J connectivity index is 1.59. The molecule has 0 bridgehead atoms. The highest BCUT2D eigenvalue weighted by Crippen LogP contribution is 2.31. The van der Waals surface area contributed by atoms with Gasteiger partial charge in [0.25, 0.3) is 5.56 Å². The number of ether oxygens (including phenoxy) is 1. The minimum Gasteiger partial charge on any atom is -0.463 e. The van der Waals surface area contributed by atoms with Crippen molar-refractivity contribution in [1.29, 1.82) is 0 Å². The molecule has 5 rings (SSSR count). The van der Waals surface area contributed by atoms with Gasteiger partial charge in [0.1, 0.15) is 11.5 Å². The highest BCUT2D eigenvalue weighted by atomic mass is 32.1. The molecule has 2 aromatic carbocycles. The molecule has 0 aliphatic carbocycles. The zero-order valence-electron chi connectivity index (χ0n) is 21.5. The van der Waals surface area contributed by atoms with Crippen LogP contribution in [-0.2, 0) is 9.53 Å². The summed E-state index contributed by atoms with van der Waals surface area (Å²) in [5.74, 6) is 0.642. The zero-order chi connectivity index (χ0) is 27.0. The van der Waals surface area contributed by atoms with Gasteiger partial charge in [0, 0.05) is 17.2 Å². The molecule has 3 heterocycles. The van der Waals surface area contributed by atoms with Crippen molar-refractivity contribution >= 4 is 29.2 Å². The quantitative estimate of drug-likeness (QED) is 0.271. The fourth-order valence-electron chi connectivity index (χ4n) is 4.44. The van der Waals surface area contributed by atoms with Crippen LogP contribution in [0.25, 0.3) is 17.4 Å². The summed E-state index contributed by atoms with van der Waals surface area (Å²) in [5, 5.41) is 0. The van der Waals surface area contributed by atoms with E-state index in [9.17, 15) is 14.4 Å². The standard InChI is InChI=1S/C30H26N2O5S/c1-5-36-29(35)26-18(3)31-30-32(27(26)22-8-6-17(2)7-9-22)28(34)25(38-30)16-23-14-15-24(37-23)21-12-10-20(11-13-21)19(4)33/h6-16,27H,5H2,1-4H3/b25-16-/t27-/m1/s1. The van der Waals surface area contributed by atoms with Crippen LogP contribution < -0.4 is 14.9 Å². The summed E-state index contributed by atoms with van der Waals surface area (Å²) in [6.45, 7) is 7.24. The highest BCUT2D eigenvalue weighted by molar-refractivity contribution is 7.07. The highest BCUT2D eigenvalue weighted by Gasteiger charge is 2.33. The fraction of sp³-hybridized carbons (Fsp3) is 0.200. The van der Waals surface area contributed by atoms with Gasteiger partial charge in [0.05, 0.1) is 28.5 Å². The van der Waals surface area contributed by atoms with Crippen LogP contribution in [0.15, 0.2) is 86.1 Å². The van der Waals surface area contributed by atoms with E-state index in [0.29, 0.717) is 37.7 Å². The van der Waals surface area contributed by atoms with E-state index in [0.717, 1.165) is 16.7 Å². The molecule has 7 nitrogen and oxygen atoms in total. The van der Waals surface area contributed by atoms with Crippen LogP contribution in [0, 0.1) is 6.92 Å². The van der Waals surface area contributed by atoms with E-state index in [1.165, 1.54) is 18.3 Å². The molecule has 2 aromatic heterocycles. The van der Waals surface area contributed by atoms with Crippen molar-refractivity contribution in [1.82, 2.24) is 4.57 Å². The van der Waals surface area contributed by atoms with E-state index in [1.54, 1.807) is 42.7 Å². The monoisotopic (exact) mass is 526 g/mol. The summed E-state index contributed by atoms with van der Waals surface area (Å²) >= 11 is 1.24. The third-order valence-electron chi connectivity index (χ3n) is 6.39. The lowest BCUT2D eigenvalue weighted by atomic mass is 9.95. The van der Waals surface area contributed by atoms with E-state index in [-0.39, 0.29) is 17.9 Å². The lowest BCUT2D eigenvalue weighted by Gasteiger charge is -2.24. The van der Waals surface area contributed by atoms with Crippen molar-refractivity contribution in [2.45, 2.75) is 33.7 Å². The minimum absolute atomic E-state index is 0.00245. The third-order valence-corrected chi connectivity index (χ3v) is 7.37. The summed E-state index contributed by atoms with van der Waals surface area (Å²) in [7, 11) is 0. The van der Waals surface area contributed by atoms with Crippen LogP contribution in [-0.4, -0.2) is 22.9 Å². The van der Waals surface area contributed by atoms with Gasteiger partial charge in [-0.15, -0.1) is 0 Å². The van der Waals surface area contributed by atoms with Crippen molar-refractivity contribution in [3.63, 3.8) is 0 Å². The maximum atomic E-state index is 13.7. The van der Waals surface area contributed by atoms with Gasteiger partial charge in [-0.05, 0) is 45.4 Å². The molecule has 0 unspecified atom stereocenters. The number of nitrogens with zero attached hydrogens (tertiary/aromatic N) is 2. The van der Waals surface area contributed by atoms with Crippen LogP contribution in [0.4, 0.5) is 0 Å². The van der Waals surface area contributed by atoms with Gasteiger partial charge >= 0.3 is 5.97 Å². The summed E-state index contributed by atoms with van der Waals surface area (Å²) in [6, 6.07) is 17.9. The molecular formula is C30H26N2O5S. The maximum absolute atomic E-state index is 13.7. The van der Waals surface area contributed by atoms with Crippen molar-refractivity contribution in [2.24, 2.45) is 4.99 Å². The molecule has 0 radical (unpaired) electrons. The van der Waals surface area contributed by atoms with Crippen LogP contribution in [0.1, 0.15) is 54.1 Å². The molecule has 8 heteroatoms. The lowest BCUT2D eigenvalue weighted by molar-refractivity contribution is -0.139. The molecule has 0 fully saturated rings. The molecule has 0 N–H and O–H groups in total. The van der Waals surface area contributed by atoms with Crippen molar-refractivity contribution in [3.8, 4) is 11.3 Å². The van der Waals surface area contributed by atoms with Gasteiger partial charge < -0.3 is 9.15 Å². The lowest BCUT2D eigenvalue weighted by Crippen LogP contribution is -2.39. The van der Waals surface area contributed by atoms with Gasteiger partial charge in [-0.25, -0.2) is 9.79 Å². The molecule has 0 spiro atoms. The number of aryl methyl sites for hydroxylation is 1. The average molecular weight is 527 g/mol. The van der Waals surface area contributed by atoms with E-state index in [4.69, 9.17) is 9.15 Å². The van der Waals surface area contributed by atoms with Gasteiger partial charge in [-0.1, -0.05) is 65.4 Å². The van der Waals surface area contributed by atoms with Crippen molar-refractivity contribution in [2.75, 3.05) is 6.61 Å². The Labute approximate surface area is 223 Å². The Kier molecular flexibility index (Phi) is 6.82. The van der Waals surface area contributed by atoms with Gasteiger partial charge in [-0.3, -0.25) is 14.2 Å². The Bertz CT molecular complexity index is 1750. The Morgan fingerprint density at radius 3 is 2.42 bits per heavy atom. The normalized spacial score (nSPS) is 15.3. The molecule has 38 heavy (non-hydrogen) atoms. The SMILES string of the molecule is CCOC(=O)C1=C(C)N=c2s/c(=C\c3ccc(-c4ccc(C(C)=O)cc4)o3)c(=O)n2[C@@H]1c1ccc(C)cc1. The number of rotatable bonds is 6. The number of thiazole rings is 1. The smallest absolute Gasteiger partial charge is 0.338 e. The summed E-state index contributed by atoms with van der Waals surface area (Å²) in [6.07, 6.45) is 1.69. The van der Waals surface area contributed by atoms with E-state index < -0.39 is 12.0 Å². The number of hydrogen-bond donors (Lipinski definition) is 0. The number of benzene rings is 2. The number of carbonyl (C=O) groups is 2. The van der Waals surface area contributed by atoms with Crippen LogP contribution in [0.3, 0.4) is 0 Å².